The molecule has 30 heavy (non-hydrogen) atoms. The van der Waals surface area contributed by atoms with Crippen molar-refractivity contribution in [2.45, 2.75) is 25.4 Å². The molecule has 0 bridgehead atoms. The Kier molecular flexibility index (Phi) is 5.40. The average molecular weight is 410 g/mol. The van der Waals surface area contributed by atoms with Gasteiger partial charge in [-0.25, -0.2) is 0 Å². The lowest BCUT2D eigenvalue weighted by Crippen LogP contribution is -2.44. The topological polar surface area (TPSA) is 137 Å². The standard InChI is InChI=1S/C20H26N8O2/c1-26-18(30)16-17(24-19(26)23-10-15(22)29)25-20(27-9-5-8-14(21)12-27)28(16)11-13-6-3-2-4-7-13/h2-4,6-7,14H,5,8-12,21H2,1H3,(H2,22,29)(H,23,24). The summed E-state index contributed by atoms with van der Waals surface area (Å²) in [6.45, 7) is 1.86. The molecule has 0 radical (unpaired) electrons. The summed E-state index contributed by atoms with van der Waals surface area (Å²) in [4.78, 5) is 35.7. The Labute approximate surface area is 173 Å². The molecule has 10 heteroatoms. The number of carbonyl (C=O) groups excluding carboxylic acids is 1. The molecule has 1 fully saturated rings. The second-order valence-electron chi connectivity index (χ2n) is 7.62. The fourth-order valence-electron chi connectivity index (χ4n) is 3.82. The van der Waals surface area contributed by atoms with E-state index in [9.17, 15) is 9.59 Å². The van der Waals surface area contributed by atoms with E-state index >= 15 is 0 Å². The zero-order valence-corrected chi connectivity index (χ0v) is 16.9. The first-order valence-electron chi connectivity index (χ1n) is 9.98. The van der Waals surface area contributed by atoms with E-state index in [1.54, 1.807) is 7.05 Å². The minimum atomic E-state index is -0.540. The van der Waals surface area contributed by atoms with E-state index in [0.29, 0.717) is 30.2 Å². The summed E-state index contributed by atoms with van der Waals surface area (Å²) < 4.78 is 3.29. The number of benzene rings is 1. The van der Waals surface area contributed by atoms with Crippen molar-refractivity contribution in [3.05, 3.63) is 46.2 Å². The number of carbonyl (C=O) groups is 1. The first kappa shape index (κ1) is 19.9. The maximum absolute atomic E-state index is 13.2. The molecule has 0 saturated carbocycles. The Morgan fingerprint density at radius 1 is 1.27 bits per heavy atom. The number of hydrogen-bond donors (Lipinski definition) is 3. The van der Waals surface area contributed by atoms with E-state index in [4.69, 9.17) is 16.5 Å². The molecule has 3 heterocycles. The second kappa shape index (κ2) is 8.15. The van der Waals surface area contributed by atoms with Crippen molar-refractivity contribution in [1.82, 2.24) is 19.1 Å². The molecule has 4 rings (SSSR count). The normalized spacial score (nSPS) is 16.7. The van der Waals surface area contributed by atoms with Gasteiger partial charge in [0.15, 0.2) is 11.2 Å². The van der Waals surface area contributed by atoms with E-state index in [1.807, 2.05) is 34.9 Å². The quantitative estimate of drug-likeness (QED) is 0.520. The van der Waals surface area contributed by atoms with E-state index in [-0.39, 0.29) is 24.1 Å². The van der Waals surface area contributed by atoms with Gasteiger partial charge in [-0.3, -0.25) is 18.7 Å². The fourth-order valence-corrected chi connectivity index (χ4v) is 3.82. The monoisotopic (exact) mass is 410 g/mol. The van der Waals surface area contributed by atoms with Gasteiger partial charge in [-0.05, 0) is 18.4 Å². The minimum absolute atomic E-state index is 0.0623. The fraction of sp³-hybridized carbons (Fsp3) is 0.400. The van der Waals surface area contributed by atoms with Crippen LogP contribution < -0.4 is 27.2 Å². The van der Waals surface area contributed by atoms with Crippen LogP contribution in [-0.4, -0.2) is 50.7 Å². The van der Waals surface area contributed by atoms with Crippen molar-refractivity contribution in [1.29, 1.82) is 0 Å². The van der Waals surface area contributed by atoms with Crippen LogP contribution in [0.3, 0.4) is 0 Å². The largest absolute Gasteiger partial charge is 0.368 e. The Morgan fingerprint density at radius 3 is 2.73 bits per heavy atom. The van der Waals surface area contributed by atoms with Gasteiger partial charge in [0.25, 0.3) is 5.56 Å². The van der Waals surface area contributed by atoms with Crippen LogP contribution in [0.15, 0.2) is 35.1 Å². The molecule has 2 aromatic heterocycles. The number of imidazole rings is 1. The van der Waals surface area contributed by atoms with E-state index in [0.717, 1.165) is 24.9 Å². The molecule has 1 amide bonds. The van der Waals surface area contributed by atoms with Crippen molar-refractivity contribution in [2.24, 2.45) is 18.5 Å². The Bertz CT molecular complexity index is 1120. The molecular formula is C20H26N8O2. The number of hydrogen-bond acceptors (Lipinski definition) is 7. The third-order valence-electron chi connectivity index (χ3n) is 5.31. The van der Waals surface area contributed by atoms with Gasteiger partial charge in [0.05, 0.1) is 13.1 Å². The summed E-state index contributed by atoms with van der Waals surface area (Å²) in [7, 11) is 1.61. The maximum atomic E-state index is 13.2. The summed E-state index contributed by atoms with van der Waals surface area (Å²) in [5, 5.41) is 2.80. The number of piperidine rings is 1. The molecule has 1 atom stereocenters. The lowest BCUT2D eigenvalue weighted by atomic mass is 10.1. The molecule has 1 aliphatic heterocycles. The van der Waals surface area contributed by atoms with Crippen molar-refractivity contribution >= 4 is 29.0 Å². The first-order valence-corrected chi connectivity index (χ1v) is 9.98. The van der Waals surface area contributed by atoms with Crippen LogP contribution in [0.2, 0.25) is 0 Å². The van der Waals surface area contributed by atoms with Crippen molar-refractivity contribution in [3.8, 4) is 0 Å². The predicted octanol–water partition coefficient (Wildman–Crippen LogP) is 0.00300. The Morgan fingerprint density at radius 2 is 2.03 bits per heavy atom. The van der Waals surface area contributed by atoms with Gasteiger partial charge in [0.1, 0.15) is 0 Å². The number of fused-ring (bicyclic) bond motifs is 1. The highest BCUT2D eigenvalue weighted by atomic mass is 16.1. The summed E-state index contributed by atoms with van der Waals surface area (Å²) in [5.74, 6) is 0.389. The first-order chi connectivity index (χ1) is 14.4. The molecule has 1 saturated heterocycles. The van der Waals surface area contributed by atoms with Crippen LogP contribution >= 0.6 is 0 Å². The molecule has 1 aliphatic rings. The van der Waals surface area contributed by atoms with Gasteiger partial charge in [0.2, 0.25) is 17.8 Å². The summed E-state index contributed by atoms with van der Waals surface area (Å²) in [6, 6.07) is 9.97. The number of primary amides is 1. The van der Waals surface area contributed by atoms with Gasteiger partial charge < -0.3 is 21.7 Å². The predicted molar refractivity (Wildman–Crippen MR) is 115 cm³/mol. The van der Waals surface area contributed by atoms with Gasteiger partial charge in [-0.15, -0.1) is 0 Å². The van der Waals surface area contributed by atoms with Crippen molar-refractivity contribution in [3.63, 3.8) is 0 Å². The maximum Gasteiger partial charge on any atom is 0.281 e. The lowest BCUT2D eigenvalue weighted by Gasteiger charge is -2.31. The number of amides is 1. The summed E-state index contributed by atoms with van der Waals surface area (Å²) in [5.41, 5.74) is 13.0. The number of nitrogens with zero attached hydrogens (tertiary/aromatic N) is 5. The van der Waals surface area contributed by atoms with Gasteiger partial charge in [0, 0.05) is 26.2 Å². The third-order valence-corrected chi connectivity index (χ3v) is 5.31. The molecule has 0 aliphatic carbocycles. The van der Waals surface area contributed by atoms with Gasteiger partial charge in [-0.1, -0.05) is 30.3 Å². The highest BCUT2D eigenvalue weighted by Gasteiger charge is 2.25. The van der Waals surface area contributed by atoms with Gasteiger partial charge in [-0.2, -0.15) is 9.97 Å². The summed E-state index contributed by atoms with van der Waals surface area (Å²) >= 11 is 0. The number of rotatable bonds is 6. The molecular weight excluding hydrogens is 384 g/mol. The number of aromatic nitrogens is 4. The highest BCUT2D eigenvalue weighted by molar-refractivity contribution is 5.79. The second-order valence-corrected chi connectivity index (χ2v) is 7.62. The Balaban J connectivity index is 1.85. The van der Waals surface area contributed by atoms with Crippen LogP contribution in [0.5, 0.6) is 0 Å². The molecule has 10 nitrogen and oxygen atoms in total. The highest BCUT2D eigenvalue weighted by Crippen LogP contribution is 2.24. The van der Waals surface area contributed by atoms with Gasteiger partial charge >= 0.3 is 0 Å². The zero-order chi connectivity index (χ0) is 21.3. The number of nitrogens with two attached hydrogens (primary N) is 2. The van der Waals surface area contributed by atoms with Crippen LogP contribution in [0.1, 0.15) is 18.4 Å². The van der Waals surface area contributed by atoms with E-state index in [2.05, 4.69) is 15.2 Å². The zero-order valence-electron chi connectivity index (χ0n) is 16.9. The molecule has 0 spiro atoms. The SMILES string of the molecule is Cn1c(NCC(N)=O)nc2nc(N3CCCC(N)C3)n(Cc3ccccc3)c2c1=O. The van der Waals surface area contributed by atoms with Crippen LogP contribution in [0.25, 0.3) is 11.2 Å². The lowest BCUT2D eigenvalue weighted by molar-refractivity contribution is -0.116. The van der Waals surface area contributed by atoms with Crippen LogP contribution in [-0.2, 0) is 18.4 Å². The number of anilines is 2. The van der Waals surface area contributed by atoms with Crippen molar-refractivity contribution in [2.75, 3.05) is 29.9 Å². The van der Waals surface area contributed by atoms with Crippen LogP contribution in [0.4, 0.5) is 11.9 Å². The van der Waals surface area contributed by atoms with Crippen molar-refractivity contribution < 1.29 is 4.79 Å². The van der Waals surface area contributed by atoms with E-state index in [1.165, 1.54) is 4.57 Å². The average Bonchev–Trinajstić information content (AvgIpc) is 3.08. The summed E-state index contributed by atoms with van der Waals surface area (Å²) in [6.07, 6.45) is 1.93. The Hall–Kier alpha value is -3.40. The molecule has 3 aromatic rings. The minimum Gasteiger partial charge on any atom is -0.368 e. The molecule has 1 unspecified atom stereocenters. The smallest absolute Gasteiger partial charge is 0.281 e. The molecule has 1 aromatic carbocycles. The van der Waals surface area contributed by atoms with Crippen LogP contribution in [0, 0.1) is 0 Å². The number of nitrogens with one attached hydrogen (secondary N) is 1. The third kappa shape index (κ3) is 3.86. The van der Waals surface area contributed by atoms with E-state index < -0.39 is 5.91 Å². The molecule has 5 N–H and O–H groups in total. The molecule has 158 valence electrons.